The second-order valence-electron chi connectivity index (χ2n) is 15.2. The van der Waals surface area contributed by atoms with Crippen molar-refractivity contribution in [2.75, 3.05) is 0 Å². The number of hydrogen-bond acceptors (Lipinski definition) is 7. The van der Waals surface area contributed by atoms with Crippen LogP contribution in [0.4, 0.5) is 17.6 Å². The van der Waals surface area contributed by atoms with Crippen LogP contribution in [0, 0.1) is 23.3 Å². The first-order valence-electron chi connectivity index (χ1n) is 20.0. The summed E-state index contributed by atoms with van der Waals surface area (Å²) < 4.78 is 53.8. The van der Waals surface area contributed by atoms with Gasteiger partial charge in [-0.25, -0.2) is 22.6 Å². The minimum absolute atomic E-state index is 0. The van der Waals surface area contributed by atoms with E-state index in [1.807, 2.05) is 6.07 Å². The van der Waals surface area contributed by atoms with Crippen molar-refractivity contribution in [1.82, 2.24) is 0 Å². The number of nitrogens with zero attached hydrogens (tertiary/aromatic N) is 3. The molecule has 338 valence electrons. The molecule has 6 aromatic carbocycles. The van der Waals surface area contributed by atoms with E-state index in [2.05, 4.69) is 15.0 Å². The van der Waals surface area contributed by atoms with Crippen LogP contribution in [-0.2, 0) is 33.6 Å². The van der Waals surface area contributed by atoms with Crippen LogP contribution in [0.3, 0.4) is 0 Å². The van der Waals surface area contributed by atoms with Gasteiger partial charge < -0.3 is 5.11 Å². The third-order valence-corrected chi connectivity index (χ3v) is 11.9. The zero-order valence-electron chi connectivity index (χ0n) is 34.4. The molecule has 0 fully saturated rings. The third-order valence-electron chi connectivity index (χ3n) is 10.7. The van der Waals surface area contributed by atoms with Crippen molar-refractivity contribution in [1.29, 1.82) is 0 Å². The van der Waals surface area contributed by atoms with Crippen LogP contribution in [0.1, 0.15) is 71.3 Å². The van der Waals surface area contributed by atoms with E-state index in [1.54, 1.807) is 62.4 Å². The summed E-state index contributed by atoms with van der Waals surface area (Å²) in [4.78, 5) is 49.0. The zero-order chi connectivity index (χ0) is 46.7. The maximum absolute atomic E-state index is 13.6. The number of ketones is 3. The summed E-state index contributed by atoms with van der Waals surface area (Å²) in [5.41, 5.74) is 6.86. The zero-order valence-corrected chi connectivity index (χ0v) is 37.4. The molecular weight excluding hydrogens is 936 g/mol. The lowest BCUT2D eigenvalue weighted by atomic mass is 9.95. The Morgan fingerprint density at radius 2 is 0.833 bits per heavy atom. The number of aliphatic hydroxyl groups excluding tert-OH is 1. The Morgan fingerprint density at radius 3 is 1.30 bits per heavy atom. The average molecular weight is 976 g/mol. The highest BCUT2D eigenvalue weighted by molar-refractivity contribution is 6.37. The highest BCUT2D eigenvalue weighted by Crippen LogP contribution is 2.30. The van der Waals surface area contributed by atoms with Gasteiger partial charge in [-0.05, 0) is 109 Å². The first kappa shape index (κ1) is 49.6. The number of carbonyl (C=O) groups excluding carboxylic acids is 3. The van der Waals surface area contributed by atoms with Crippen LogP contribution in [0.15, 0.2) is 130 Å². The van der Waals surface area contributed by atoms with Gasteiger partial charge in [-0.15, -0.1) is 0 Å². The van der Waals surface area contributed by atoms with Crippen LogP contribution in [0.25, 0.3) is 0 Å². The topological polar surface area (TPSA) is 109 Å². The molecular formula is C51H39Cl4F4N3O4. The quantitative estimate of drug-likeness (QED) is 0.178. The van der Waals surface area contributed by atoms with E-state index in [0.29, 0.717) is 72.5 Å². The number of Topliss-reactive ketones (excluding diaryl/α,β-unsaturated/α-hetero) is 3. The molecule has 1 N–H and O–H groups in total. The standard InChI is InChI=1S/C17H12Cl2FNO.C17H12ClF2NO.C16H11ClFNO2.CH4/c1-9-16(22)6-10-2-3-11(18)7-14(10)17(21-9)13-5-4-12(20)8-15(13)19;1-9-16(22)6-10-2-3-11(19)7-14(10)17(21-9)13-5-4-12(20)8-15(13)18;17-13-4-2-1-3-11(13)15-12-8-10(18)6-5-9(12)7-14(20)16(21)19-15;/h2*2-5,7-9H,6H2,1H3;1-6,8,16,21H,7H2;1H4. The lowest BCUT2D eigenvalue weighted by Crippen LogP contribution is -2.19. The summed E-state index contributed by atoms with van der Waals surface area (Å²) in [5.74, 6) is -2.20. The van der Waals surface area contributed by atoms with Gasteiger partial charge >= 0.3 is 0 Å². The van der Waals surface area contributed by atoms with Gasteiger partial charge in [0.2, 0.25) is 6.23 Å². The lowest BCUT2D eigenvalue weighted by Gasteiger charge is -2.12. The molecule has 3 aliphatic heterocycles. The molecule has 0 amide bonds. The fourth-order valence-electron chi connectivity index (χ4n) is 7.31. The highest BCUT2D eigenvalue weighted by atomic mass is 35.5. The molecule has 9 rings (SSSR count). The van der Waals surface area contributed by atoms with E-state index in [-0.39, 0.29) is 41.9 Å². The second-order valence-corrected chi connectivity index (χ2v) is 16.9. The van der Waals surface area contributed by atoms with Gasteiger partial charge in [-0.3, -0.25) is 24.4 Å². The number of carbonyl (C=O) groups is 3. The van der Waals surface area contributed by atoms with E-state index < -0.39 is 47.4 Å². The Morgan fingerprint density at radius 1 is 0.455 bits per heavy atom. The average Bonchev–Trinajstić information content (AvgIpc) is 3.53. The van der Waals surface area contributed by atoms with Crippen LogP contribution < -0.4 is 0 Å². The van der Waals surface area contributed by atoms with Crippen LogP contribution in [-0.4, -0.2) is 57.9 Å². The monoisotopic (exact) mass is 973 g/mol. The number of rotatable bonds is 3. The summed E-state index contributed by atoms with van der Waals surface area (Å²) in [6.45, 7) is 3.43. The molecule has 3 atom stereocenters. The van der Waals surface area contributed by atoms with Gasteiger partial charge in [0.05, 0.1) is 27.2 Å². The molecule has 0 aromatic heterocycles. The first-order chi connectivity index (χ1) is 31.0. The van der Waals surface area contributed by atoms with E-state index in [9.17, 15) is 37.1 Å². The molecule has 0 spiro atoms. The van der Waals surface area contributed by atoms with Crippen molar-refractivity contribution in [3.8, 4) is 0 Å². The number of halogens is 8. The smallest absolute Gasteiger partial charge is 0.205 e. The molecule has 0 radical (unpaired) electrons. The molecule has 15 heteroatoms. The van der Waals surface area contributed by atoms with Crippen molar-refractivity contribution in [3.05, 3.63) is 209 Å². The normalized spacial score (nSPS) is 17.5. The molecule has 3 aliphatic rings. The van der Waals surface area contributed by atoms with E-state index >= 15 is 0 Å². The molecule has 0 saturated heterocycles. The Balaban J connectivity index is 0.000000162. The predicted octanol–water partition coefficient (Wildman–Crippen LogP) is 11.8. The Hall–Kier alpha value is -5.82. The van der Waals surface area contributed by atoms with Gasteiger partial charge in [0, 0.05) is 62.7 Å². The Bertz CT molecular complexity index is 2860. The second kappa shape index (κ2) is 21.2. The first-order valence-corrected chi connectivity index (χ1v) is 21.5. The number of aliphatic hydroxyl groups is 1. The highest BCUT2D eigenvalue weighted by Gasteiger charge is 2.28. The molecule has 66 heavy (non-hydrogen) atoms. The van der Waals surface area contributed by atoms with Crippen LogP contribution in [0.2, 0.25) is 20.1 Å². The van der Waals surface area contributed by atoms with Crippen molar-refractivity contribution in [2.24, 2.45) is 15.0 Å². The SMILES string of the molecule is C.CC1N=C(c2ccc(F)cc2Cl)c2cc(Cl)ccc2CC1=O.CC1N=C(c2ccc(F)cc2Cl)c2cc(F)ccc2CC1=O.O=C1Cc2ccc(F)cc2C(c2ccccc2Cl)=NC1O. The van der Waals surface area contributed by atoms with Crippen molar-refractivity contribution < 1.29 is 37.1 Å². The summed E-state index contributed by atoms with van der Waals surface area (Å²) in [6, 6.07) is 27.6. The minimum Gasteiger partial charge on any atom is -0.366 e. The maximum atomic E-state index is 13.6. The molecule has 0 bridgehead atoms. The maximum Gasteiger partial charge on any atom is 0.205 e. The van der Waals surface area contributed by atoms with Gasteiger partial charge in [-0.2, -0.15) is 0 Å². The Labute approximate surface area is 398 Å². The largest absolute Gasteiger partial charge is 0.366 e. The Kier molecular flexibility index (Phi) is 15.9. The van der Waals surface area contributed by atoms with Gasteiger partial charge in [0.25, 0.3) is 0 Å². The minimum atomic E-state index is -1.47. The molecule has 3 unspecified atom stereocenters. The summed E-state index contributed by atoms with van der Waals surface area (Å²) in [6.07, 6.45) is -0.984. The molecule has 0 aliphatic carbocycles. The summed E-state index contributed by atoms with van der Waals surface area (Å²) in [5, 5.41) is 11.3. The van der Waals surface area contributed by atoms with Crippen LogP contribution >= 0.6 is 46.4 Å². The predicted molar refractivity (Wildman–Crippen MR) is 253 cm³/mol. The van der Waals surface area contributed by atoms with E-state index in [1.165, 1.54) is 60.7 Å². The fraction of sp³-hybridized carbons (Fsp3) is 0.176. The lowest BCUT2D eigenvalue weighted by molar-refractivity contribution is -0.126. The van der Waals surface area contributed by atoms with E-state index in [0.717, 1.165) is 11.1 Å². The number of hydrogen-bond donors (Lipinski definition) is 1. The number of aliphatic imine (C=N–C) groups is 3. The van der Waals surface area contributed by atoms with E-state index in [4.69, 9.17) is 46.4 Å². The molecule has 3 heterocycles. The number of fused-ring (bicyclic) bond motifs is 3. The van der Waals surface area contributed by atoms with Crippen LogP contribution in [0.5, 0.6) is 0 Å². The summed E-state index contributed by atoms with van der Waals surface area (Å²) >= 11 is 24.5. The van der Waals surface area contributed by atoms with Crippen molar-refractivity contribution in [3.63, 3.8) is 0 Å². The molecule has 7 nitrogen and oxygen atoms in total. The fourth-order valence-corrected chi connectivity index (χ4v) is 8.22. The van der Waals surface area contributed by atoms with Gasteiger partial charge in [0.1, 0.15) is 35.4 Å². The van der Waals surface area contributed by atoms with Crippen molar-refractivity contribution >= 4 is 80.9 Å². The molecule has 6 aromatic rings. The third kappa shape index (κ3) is 11.2. The van der Waals surface area contributed by atoms with Crippen molar-refractivity contribution in [2.45, 2.75) is 58.8 Å². The molecule has 0 saturated carbocycles. The number of benzene rings is 6. The van der Waals surface area contributed by atoms with Gasteiger partial charge in [-0.1, -0.05) is 90.2 Å². The summed E-state index contributed by atoms with van der Waals surface area (Å²) in [7, 11) is 0. The van der Waals surface area contributed by atoms with Gasteiger partial charge in [0.15, 0.2) is 17.3 Å².